The van der Waals surface area contributed by atoms with Gasteiger partial charge < -0.3 is 10.6 Å². The van der Waals surface area contributed by atoms with Gasteiger partial charge in [0.05, 0.1) is 9.85 Å². The lowest BCUT2D eigenvalue weighted by molar-refractivity contribution is -0.384. The molecule has 4 aromatic carbocycles. The van der Waals surface area contributed by atoms with Crippen LogP contribution in [0.2, 0.25) is 0 Å². The maximum Gasteiger partial charge on any atom is 0.293 e. The van der Waals surface area contributed by atoms with Crippen LogP contribution in [-0.4, -0.2) is 9.85 Å². The van der Waals surface area contributed by atoms with Gasteiger partial charge in [0.25, 0.3) is 11.4 Å². The molecule has 1 heterocycles. The normalized spacial score (nSPS) is 10.9. The number of nitro groups is 2. The highest BCUT2D eigenvalue weighted by atomic mass is 32.1. The molecule has 0 unspecified atom stereocenters. The highest BCUT2D eigenvalue weighted by Gasteiger charge is 2.22. The monoisotopic (exact) mass is 456 g/mol. The summed E-state index contributed by atoms with van der Waals surface area (Å²) in [5, 5.41) is 31.0. The van der Waals surface area contributed by atoms with Crippen LogP contribution in [0.5, 0.6) is 0 Å². The molecule has 33 heavy (non-hydrogen) atoms. The number of hydrogen-bond acceptors (Lipinski definition) is 7. The van der Waals surface area contributed by atoms with E-state index in [4.69, 9.17) is 0 Å². The molecule has 8 nitrogen and oxygen atoms in total. The van der Waals surface area contributed by atoms with Crippen molar-refractivity contribution in [2.45, 2.75) is 0 Å². The largest absolute Gasteiger partial charge is 0.350 e. The summed E-state index contributed by atoms with van der Waals surface area (Å²) < 4.78 is 1.58. The van der Waals surface area contributed by atoms with Gasteiger partial charge in [-0.2, -0.15) is 0 Å². The molecule has 0 spiro atoms. The van der Waals surface area contributed by atoms with E-state index in [1.165, 1.54) is 23.5 Å². The van der Waals surface area contributed by atoms with E-state index in [1.54, 1.807) is 12.1 Å². The fourth-order valence-corrected chi connectivity index (χ4v) is 4.85. The zero-order chi connectivity index (χ0) is 22.9. The lowest BCUT2D eigenvalue weighted by Crippen LogP contribution is -1.97. The first-order chi connectivity index (χ1) is 16.0. The number of fused-ring (bicyclic) bond motifs is 3. The van der Waals surface area contributed by atoms with E-state index in [-0.39, 0.29) is 11.4 Å². The molecule has 0 atom stereocenters. The summed E-state index contributed by atoms with van der Waals surface area (Å²) in [5.41, 5.74) is 1.99. The van der Waals surface area contributed by atoms with Crippen LogP contribution in [0.15, 0.2) is 84.9 Å². The summed E-state index contributed by atoms with van der Waals surface area (Å²) in [4.78, 5) is 22.7. The fraction of sp³-hybridized carbons (Fsp3) is 0. The first-order valence-electron chi connectivity index (χ1n) is 9.97. The van der Waals surface area contributed by atoms with E-state index < -0.39 is 9.85 Å². The zero-order valence-electron chi connectivity index (χ0n) is 17.0. The molecule has 0 aliphatic carbocycles. The van der Waals surface area contributed by atoms with Gasteiger partial charge in [0, 0.05) is 43.7 Å². The molecule has 5 aromatic rings. The number of nitro benzene ring substituents is 2. The molecule has 0 saturated carbocycles. The number of nitrogens with one attached hydrogen (secondary N) is 2. The average molecular weight is 456 g/mol. The lowest BCUT2D eigenvalue weighted by atomic mass is 10.1. The van der Waals surface area contributed by atoms with Gasteiger partial charge in [-0.05, 0) is 36.4 Å². The Morgan fingerprint density at radius 2 is 1.00 bits per heavy atom. The maximum atomic E-state index is 11.8. The minimum absolute atomic E-state index is 0.0970. The van der Waals surface area contributed by atoms with Crippen molar-refractivity contribution in [2.24, 2.45) is 0 Å². The van der Waals surface area contributed by atoms with Crippen LogP contribution in [0.4, 0.5) is 34.1 Å². The Hall–Kier alpha value is -4.50. The van der Waals surface area contributed by atoms with Gasteiger partial charge in [-0.1, -0.05) is 36.4 Å². The topological polar surface area (TPSA) is 110 Å². The zero-order valence-corrected chi connectivity index (χ0v) is 17.8. The summed E-state index contributed by atoms with van der Waals surface area (Å²) >= 11 is 1.43. The van der Waals surface area contributed by atoms with E-state index in [0.29, 0.717) is 22.1 Å². The maximum absolute atomic E-state index is 11.8. The summed E-state index contributed by atoms with van der Waals surface area (Å²) in [5.74, 6) is 0. The lowest BCUT2D eigenvalue weighted by Gasteiger charge is -2.08. The smallest absolute Gasteiger partial charge is 0.293 e. The fourth-order valence-electron chi connectivity index (χ4n) is 3.70. The molecule has 0 aliphatic rings. The Morgan fingerprint density at radius 3 is 1.36 bits per heavy atom. The summed E-state index contributed by atoms with van der Waals surface area (Å²) in [6, 6.07) is 24.8. The number of para-hydroxylation sites is 2. The van der Waals surface area contributed by atoms with Crippen molar-refractivity contribution in [3.63, 3.8) is 0 Å². The Kier molecular flexibility index (Phi) is 5.08. The molecule has 0 aliphatic heterocycles. The van der Waals surface area contributed by atoms with Crippen LogP contribution in [0.1, 0.15) is 0 Å². The molecular formula is C24H16N4O4S. The summed E-state index contributed by atoms with van der Waals surface area (Å²) in [7, 11) is 0. The molecule has 0 amide bonds. The van der Waals surface area contributed by atoms with E-state index in [2.05, 4.69) is 10.6 Å². The predicted octanol–water partition coefficient (Wildman–Crippen LogP) is 7.36. The van der Waals surface area contributed by atoms with E-state index in [1.807, 2.05) is 60.7 Å². The Labute approximate surface area is 191 Å². The first kappa shape index (κ1) is 20.4. The van der Waals surface area contributed by atoms with Crippen LogP contribution in [0.25, 0.3) is 20.2 Å². The Morgan fingerprint density at radius 1 is 0.606 bits per heavy atom. The Bertz CT molecular complexity index is 1400. The Balaban J connectivity index is 1.67. The number of nitrogens with zero attached hydrogens (tertiary/aromatic N) is 2. The third-order valence-corrected chi connectivity index (χ3v) is 6.32. The van der Waals surface area contributed by atoms with Crippen molar-refractivity contribution in [2.75, 3.05) is 10.6 Å². The third-order valence-electron chi connectivity index (χ3n) is 5.20. The second-order valence-corrected chi connectivity index (χ2v) is 8.41. The minimum Gasteiger partial charge on any atom is -0.350 e. The van der Waals surface area contributed by atoms with Crippen molar-refractivity contribution in [3.8, 4) is 0 Å². The van der Waals surface area contributed by atoms with Crippen LogP contribution >= 0.6 is 11.3 Å². The van der Waals surface area contributed by atoms with E-state index in [9.17, 15) is 20.2 Å². The quantitative estimate of drug-likeness (QED) is 0.204. The van der Waals surface area contributed by atoms with Crippen LogP contribution < -0.4 is 10.6 Å². The summed E-state index contributed by atoms with van der Waals surface area (Å²) in [6.07, 6.45) is 0. The molecule has 1 aromatic heterocycles. The van der Waals surface area contributed by atoms with Gasteiger partial charge in [0.2, 0.25) is 0 Å². The van der Waals surface area contributed by atoms with Crippen molar-refractivity contribution < 1.29 is 9.85 Å². The third kappa shape index (κ3) is 3.92. The highest BCUT2D eigenvalue weighted by Crippen LogP contribution is 2.44. The highest BCUT2D eigenvalue weighted by molar-refractivity contribution is 7.25. The van der Waals surface area contributed by atoms with Crippen molar-refractivity contribution in [1.82, 2.24) is 0 Å². The van der Waals surface area contributed by atoms with Gasteiger partial charge in [0.1, 0.15) is 11.4 Å². The number of anilines is 4. The van der Waals surface area contributed by atoms with Crippen LogP contribution in [0.3, 0.4) is 0 Å². The molecule has 0 fully saturated rings. The molecule has 0 saturated heterocycles. The number of hydrogen-bond donors (Lipinski definition) is 2. The summed E-state index contributed by atoms with van der Waals surface area (Å²) in [6.45, 7) is 0. The molecule has 9 heteroatoms. The molecule has 162 valence electrons. The van der Waals surface area contributed by atoms with E-state index in [0.717, 1.165) is 20.8 Å². The van der Waals surface area contributed by atoms with Gasteiger partial charge in [0.15, 0.2) is 0 Å². The molecule has 0 bridgehead atoms. The first-order valence-corrected chi connectivity index (χ1v) is 10.8. The second kappa shape index (κ2) is 8.21. The molecular weight excluding hydrogens is 440 g/mol. The predicted molar refractivity (Wildman–Crippen MR) is 132 cm³/mol. The van der Waals surface area contributed by atoms with Crippen molar-refractivity contribution in [3.05, 3.63) is 105 Å². The molecule has 0 radical (unpaired) electrons. The minimum atomic E-state index is -0.450. The van der Waals surface area contributed by atoms with Crippen LogP contribution in [0, 0.1) is 20.2 Å². The second-order valence-electron chi connectivity index (χ2n) is 7.33. The number of benzene rings is 4. The number of rotatable bonds is 6. The van der Waals surface area contributed by atoms with E-state index >= 15 is 0 Å². The van der Waals surface area contributed by atoms with Gasteiger partial charge >= 0.3 is 0 Å². The molecule has 2 N–H and O–H groups in total. The average Bonchev–Trinajstić information content (AvgIpc) is 3.15. The molecule has 5 rings (SSSR count). The van der Waals surface area contributed by atoms with Gasteiger partial charge in [-0.3, -0.25) is 20.2 Å². The van der Waals surface area contributed by atoms with Gasteiger partial charge in [-0.15, -0.1) is 11.3 Å². The standard InChI is InChI=1S/C24H16N4O4S/c29-27(30)21-11-17-18-12-22(28(31)32)20(26-16-9-5-2-6-10-16)14-24(18)33-23(17)13-19(21)25-15-7-3-1-4-8-15/h1-14,25-26H. The van der Waals surface area contributed by atoms with Gasteiger partial charge in [-0.25, -0.2) is 0 Å². The van der Waals surface area contributed by atoms with Crippen molar-refractivity contribution >= 4 is 65.6 Å². The van der Waals surface area contributed by atoms with Crippen molar-refractivity contribution in [1.29, 1.82) is 0 Å². The SMILES string of the molecule is O=[N+]([O-])c1cc2c(cc1Nc1ccccc1)sc1cc(Nc3ccccc3)c([N+](=O)[O-])cc12. The van der Waals surface area contributed by atoms with Crippen LogP contribution in [-0.2, 0) is 0 Å². The number of thiophene rings is 1.